The maximum absolute atomic E-state index is 6.43. The van der Waals surface area contributed by atoms with Crippen molar-refractivity contribution < 1.29 is 4.42 Å². The van der Waals surface area contributed by atoms with Gasteiger partial charge in [-0.3, -0.25) is 9.97 Å². The highest BCUT2D eigenvalue weighted by Gasteiger charge is 2.20. The Kier molecular flexibility index (Phi) is 6.42. The Labute approximate surface area is 261 Å². The Bertz CT molecular complexity index is 2390. The number of hydrogen-bond acceptors (Lipinski definition) is 5. The molecule has 5 nitrogen and oxygen atoms in total. The lowest BCUT2D eigenvalue weighted by Gasteiger charge is -2.15. The predicted octanol–water partition coefficient (Wildman–Crippen LogP) is 10.7. The highest BCUT2D eigenvalue weighted by atomic mass is 16.3. The quantitative estimate of drug-likeness (QED) is 0.188. The Balaban J connectivity index is 1.38. The topological polar surface area (TPSA) is 64.7 Å². The molecule has 218 valence electrons. The van der Waals surface area contributed by atoms with Gasteiger partial charge in [-0.1, -0.05) is 107 Å². The van der Waals surface area contributed by atoms with Crippen molar-refractivity contribution in [3.05, 3.63) is 121 Å². The first-order chi connectivity index (χ1) is 21.9. The molecule has 8 rings (SSSR count). The maximum Gasteiger partial charge on any atom is 0.180 e. The van der Waals surface area contributed by atoms with Gasteiger partial charge in [0.2, 0.25) is 0 Å². The molecule has 0 saturated carbocycles. The van der Waals surface area contributed by atoms with Crippen LogP contribution in [0.5, 0.6) is 0 Å². The van der Waals surface area contributed by atoms with Gasteiger partial charge in [0.05, 0.1) is 11.0 Å². The van der Waals surface area contributed by atoms with Crippen molar-refractivity contribution in [2.24, 2.45) is 0 Å². The Morgan fingerprint density at radius 1 is 0.511 bits per heavy atom. The number of para-hydroxylation sites is 1. The zero-order valence-electron chi connectivity index (χ0n) is 25.7. The molecule has 45 heavy (non-hydrogen) atoms. The molecule has 4 aromatic heterocycles. The summed E-state index contributed by atoms with van der Waals surface area (Å²) in [6, 6.07) is 37.6. The molecule has 0 aliphatic heterocycles. The Hall–Kier alpha value is -5.42. The molecular weight excluding hydrogens is 552 g/mol. The maximum atomic E-state index is 6.43. The molecule has 0 aliphatic rings. The predicted molar refractivity (Wildman–Crippen MR) is 184 cm³/mol. The van der Waals surface area contributed by atoms with E-state index in [0.29, 0.717) is 17.3 Å². The molecule has 4 heterocycles. The molecule has 0 spiro atoms. The lowest BCUT2D eigenvalue weighted by atomic mass is 9.94. The van der Waals surface area contributed by atoms with Gasteiger partial charge in [-0.05, 0) is 53.3 Å². The number of pyridine rings is 2. The highest BCUT2D eigenvalue weighted by Crippen LogP contribution is 2.39. The molecule has 4 aromatic carbocycles. The first-order valence-electron chi connectivity index (χ1n) is 15.5. The van der Waals surface area contributed by atoms with E-state index in [2.05, 4.69) is 88.4 Å². The highest BCUT2D eigenvalue weighted by molar-refractivity contribution is 6.09. The van der Waals surface area contributed by atoms with Crippen LogP contribution in [0.4, 0.5) is 0 Å². The fourth-order valence-electron chi connectivity index (χ4n) is 6.10. The minimum Gasteiger partial charge on any atom is -0.452 e. The van der Waals surface area contributed by atoms with E-state index in [-0.39, 0.29) is 5.92 Å². The van der Waals surface area contributed by atoms with Gasteiger partial charge in [0.15, 0.2) is 11.4 Å². The van der Waals surface area contributed by atoms with Crippen molar-refractivity contribution >= 4 is 43.9 Å². The summed E-state index contributed by atoms with van der Waals surface area (Å²) in [7, 11) is 0. The van der Waals surface area contributed by atoms with Crippen LogP contribution in [-0.4, -0.2) is 19.9 Å². The van der Waals surface area contributed by atoms with Gasteiger partial charge in [0.1, 0.15) is 16.8 Å². The molecule has 0 fully saturated rings. The van der Waals surface area contributed by atoms with Crippen LogP contribution in [0.3, 0.4) is 0 Å². The van der Waals surface area contributed by atoms with E-state index in [1.165, 1.54) is 0 Å². The van der Waals surface area contributed by atoms with Crippen LogP contribution in [0.15, 0.2) is 114 Å². The third kappa shape index (κ3) is 4.63. The standard InChI is InChI=1S/C40H32N4O/c1-23(2)32-20-18-25-17-19-29-31(22-33(24(3)4)42-37(29)35(25)41-32)27-13-10-14-28(21-27)36-39-38(30-15-8-9-16-34(30)45-39)44-40(43-36)26-11-6-5-7-12-26/h5-24H,1-4H3. The number of benzene rings is 4. The lowest BCUT2D eigenvalue weighted by Crippen LogP contribution is -1.99. The molecule has 8 aromatic rings. The number of furan rings is 1. The largest absolute Gasteiger partial charge is 0.452 e. The number of aromatic nitrogens is 4. The van der Waals surface area contributed by atoms with Crippen molar-refractivity contribution in [1.29, 1.82) is 0 Å². The first kappa shape index (κ1) is 27.2. The summed E-state index contributed by atoms with van der Waals surface area (Å²) >= 11 is 0. The SMILES string of the molecule is CC(C)c1ccc2ccc3c(-c4cccc(-c5nc(-c6ccccc6)nc6c5oc5ccccc56)c4)cc(C(C)C)nc3c2n1. The summed E-state index contributed by atoms with van der Waals surface area (Å²) in [4.78, 5) is 20.4. The summed E-state index contributed by atoms with van der Waals surface area (Å²) in [5.41, 5.74) is 11.2. The molecule has 0 atom stereocenters. The van der Waals surface area contributed by atoms with Gasteiger partial charge < -0.3 is 4.42 Å². The smallest absolute Gasteiger partial charge is 0.180 e. The molecule has 0 saturated heterocycles. The summed E-state index contributed by atoms with van der Waals surface area (Å²) in [5.74, 6) is 1.26. The van der Waals surface area contributed by atoms with E-state index in [1.54, 1.807) is 0 Å². The van der Waals surface area contributed by atoms with E-state index < -0.39 is 0 Å². The number of fused-ring (bicyclic) bond motifs is 6. The summed E-state index contributed by atoms with van der Waals surface area (Å²) in [5, 5.41) is 3.16. The molecule has 0 bridgehead atoms. The van der Waals surface area contributed by atoms with Crippen LogP contribution in [-0.2, 0) is 0 Å². The number of hydrogen-bond donors (Lipinski definition) is 0. The second-order valence-corrected chi connectivity index (χ2v) is 12.3. The molecule has 0 amide bonds. The van der Waals surface area contributed by atoms with E-state index in [1.807, 2.05) is 48.5 Å². The van der Waals surface area contributed by atoms with Gasteiger partial charge in [0.25, 0.3) is 0 Å². The second-order valence-electron chi connectivity index (χ2n) is 12.3. The van der Waals surface area contributed by atoms with Crippen LogP contribution in [0.25, 0.3) is 77.6 Å². The van der Waals surface area contributed by atoms with E-state index >= 15 is 0 Å². The van der Waals surface area contributed by atoms with Crippen LogP contribution < -0.4 is 0 Å². The van der Waals surface area contributed by atoms with Gasteiger partial charge in [-0.2, -0.15) is 0 Å². The fourth-order valence-corrected chi connectivity index (χ4v) is 6.10. The monoisotopic (exact) mass is 584 g/mol. The van der Waals surface area contributed by atoms with Gasteiger partial charge in [-0.25, -0.2) is 9.97 Å². The Morgan fingerprint density at radius 3 is 2.04 bits per heavy atom. The van der Waals surface area contributed by atoms with Gasteiger partial charge in [-0.15, -0.1) is 0 Å². The molecule has 0 aliphatic carbocycles. The lowest BCUT2D eigenvalue weighted by molar-refractivity contribution is 0.667. The van der Waals surface area contributed by atoms with Crippen LogP contribution >= 0.6 is 0 Å². The van der Waals surface area contributed by atoms with E-state index in [9.17, 15) is 0 Å². The number of rotatable bonds is 5. The molecule has 0 radical (unpaired) electrons. The molecule has 5 heteroatoms. The van der Waals surface area contributed by atoms with Crippen molar-refractivity contribution in [3.8, 4) is 33.8 Å². The van der Waals surface area contributed by atoms with E-state index in [0.717, 1.165) is 77.6 Å². The number of nitrogens with zero attached hydrogens (tertiary/aromatic N) is 4. The fraction of sp³-hybridized carbons (Fsp3) is 0.150. The van der Waals surface area contributed by atoms with Crippen molar-refractivity contribution in [1.82, 2.24) is 19.9 Å². The van der Waals surface area contributed by atoms with Gasteiger partial charge in [0, 0.05) is 38.7 Å². The molecule has 0 unspecified atom stereocenters. The summed E-state index contributed by atoms with van der Waals surface area (Å²) < 4.78 is 6.43. The van der Waals surface area contributed by atoms with E-state index in [4.69, 9.17) is 24.4 Å². The van der Waals surface area contributed by atoms with Crippen molar-refractivity contribution in [2.45, 2.75) is 39.5 Å². The molecule has 0 N–H and O–H groups in total. The Morgan fingerprint density at radius 2 is 1.22 bits per heavy atom. The first-order valence-corrected chi connectivity index (χ1v) is 15.5. The van der Waals surface area contributed by atoms with Crippen molar-refractivity contribution in [2.75, 3.05) is 0 Å². The third-order valence-electron chi connectivity index (χ3n) is 8.56. The van der Waals surface area contributed by atoms with Crippen molar-refractivity contribution in [3.63, 3.8) is 0 Å². The normalized spacial score (nSPS) is 12.0. The minimum atomic E-state index is 0.255. The zero-order valence-corrected chi connectivity index (χ0v) is 25.7. The molecular formula is C40H32N4O. The average Bonchev–Trinajstić information content (AvgIpc) is 3.46. The summed E-state index contributed by atoms with van der Waals surface area (Å²) in [6.45, 7) is 8.74. The minimum absolute atomic E-state index is 0.255. The third-order valence-corrected chi connectivity index (χ3v) is 8.56. The van der Waals surface area contributed by atoms with Crippen LogP contribution in [0.1, 0.15) is 50.9 Å². The van der Waals surface area contributed by atoms with Gasteiger partial charge >= 0.3 is 0 Å². The van der Waals surface area contributed by atoms with Crippen LogP contribution in [0.2, 0.25) is 0 Å². The van der Waals surface area contributed by atoms with Crippen LogP contribution in [0, 0.1) is 0 Å². The summed E-state index contributed by atoms with van der Waals surface area (Å²) in [6.07, 6.45) is 0. The second kappa shape index (κ2) is 10.6. The zero-order chi connectivity index (χ0) is 30.7. The average molecular weight is 585 g/mol.